The van der Waals surface area contributed by atoms with Crippen LogP contribution in [0.25, 0.3) is 0 Å². The fraction of sp³-hybridized carbons (Fsp3) is 0.455. The number of nitrogens with zero attached hydrogens (tertiary/aromatic N) is 1. The molecule has 0 radical (unpaired) electrons. The molecule has 0 aliphatic carbocycles. The SMILES string of the molecule is CCN(CCO)S(=O)(=O)c1ccc(Cl)cc1C(F)(F)F. The number of aliphatic hydroxyl groups is 1. The molecule has 0 saturated carbocycles. The number of halogens is 4. The van der Waals surface area contributed by atoms with E-state index in [0.717, 1.165) is 16.4 Å². The van der Waals surface area contributed by atoms with Crippen molar-refractivity contribution in [1.29, 1.82) is 0 Å². The van der Waals surface area contributed by atoms with E-state index in [9.17, 15) is 21.6 Å². The third kappa shape index (κ3) is 3.63. The van der Waals surface area contributed by atoms with E-state index >= 15 is 0 Å². The summed E-state index contributed by atoms with van der Waals surface area (Å²) in [4.78, 5) is -0.871. The highest BCUT2D eigenvalue weighted by atomic mass is 35.5. The van der Waals surface area contributed by atoms with Gasteiger partial charge < -0.3 is 5.11 Å². The highest BCUT2D eigenvalue weighted by Crippen LogP contribution is 2.36. The van der Waals surface area contributed by atoms with Crippen molar-refractivity contribution in [2.75, 3.05) is 19.7 Å². The molecule has 20 heavy (non-hydrogen) atoms. The van der Waals surface area contributed by atoms with Gasteiger partial charge in [-0.3, -0.25) is 0 Å². The van der Waals surface area contributed by atoms with Crippen molar-refractivity contribution in [2.45, 2.75) is 18.0 Å². The maximum absolute atomic E-state index is 12.9. The Hall–Kier alpha value is -0.830. The lowest BCUT2D eigenvalue weighted by Crippen LogP contribution is -2.34. The van der Waals surface area contributed by atoms with Crippen molar-refractivity contribution < 1.29 is 26.7 Å². The first kappa shape index (κ1) is 17.2. The lowest BCUT2D eigenvalue weighted by Gasteiger charge is -2.22. The number of aliphatic hydroxyl groups excluding tert-OH is 1. The molecular weight excluding hydrogens is 319 g/mol. The van der Waals surface area contributed by atoms with Gasteiger partial charge >= 0.3 is 6.18 Å². The summed E-state index contributed by atoms with van der Waals surface area (Å²) in [5.41, 5.74) is -1.32. The maximum atomic E-state index is 12.9. The lowest BCUT2D eigenvalue weighted by atomic mass is 10.2. The maximum Gasteiger partial charge on any atom is 0.417 e. The van der Waals surface area contributed by atoms with Crippen molar-refractivity contribution >= 4 is 21.6 Å². The number of likely N-dealkylation sites (N-methyl/N-ethyl adjacent to an activating group) is 1. The molecule has 1 aromatic rings. The van der Waals surface area contributed by atoms with E-state index in [2.05, 4.69) is 0 Å². The van der Waals surface area contributed by atoms with Crippen LogP contribution in [0.5, 0.6) is 0 Å². The van der Waals surface area contributed by atoms with Crippen LogP contribution in [-0.4, -0.2) is 37.5 Å². The van der Waals surface area contributed by atoms with Crippen LogP contribution in [0.2, 0.25) is 5.02 Å². The average Bonchev–Trinajstić information content (AvgIpc) is 2.34. The zero-order valence-electron chi connectivity index (χ0n) is 10.5. The molecule has 1 rings (SSSR count). The van der Waals surface area contributed by atoms with Crippen LogP contribution < -0.4 is 0 Å². The Morgan fingerprint density at radius 2 is 1.95 bits per heavy atom. The second kappa shape index (κ2) is 6.30. The molecule has 0 aliphatic rings. The van der Waals surface area contributed by atoms with E-state index in [1.54, 1.807) is 0 Å². The molecule has 1 aromatic carbocycles. The summed E-state index contributed by atoms with van der Waals surface area (Å²) < 4.78 is 63.9. The molecule has 0 heterocycles. The second-order valence-electron chi connectivity index (χ2n) is 3.86. The van der Waals surface area contributed by atoms with E-state index in [-0.39, 0.29) is 18.1 Å². The van der Waals surface area contributed by atoms with Gasteiger partial charge in [0.25, 0.3) is 0 Å². The standard InChI is InChI=1S/C11H13ClF3NO3S/c1-2-16(5-6-17)20(18,19)10-4-3-8(12)7-9(10)11(13,14)15/h3-4,7,17H,2,5-6H2,1H3. The average molecular weight is 332 g/mol. The van der Waals surface area contributed by atoms with Gasteiger partial charge in [-0.15, -0.1) is 0 Å². The quantitative estimate of drug-likeness (QED) is 0.901. The number of rotatable bonds is 5. The molecule has 0 aromatic heterocycles. The molecule has 0 amide bonds. The second-order valence-corrected chi connectivity index (χ2v) is 6.20. The molecule has 1 N–H and O–H groups in total. The molecular formula is C11H13ClF3NO3S. The van der Waals surface area contributed by atoms with Crippen LogP contribution in [0.1, 0.15) is 12.5 Å². The summed E-state index contributed by atoms with van der Waals surface area (Å²) >= 11 is 5.50. The molecule has 0 spiro atoms. The van der Waals surface area contributed by atoms with Gasteiger partial charge in [0.05, 0.1) is 17.1 Å². The van der Waals surface area contributed by atoms with Crippen molar-refractivity contribution in [3.05, 3.63) is 28.8 Å². The van der Waals surface area contributed by atoms with E-state index in [0.29, 0.717) is 6.07 Å². The largest absolute Gasteiger partial charge is 0.417 e. The van der Waals surface area contributed by atoms with Gasteiger partial charge in [0.15, 0.2) is 0 Å². The van der Waals surface area contributed by atoms with E-state index in [4.69, 9.17) is 16.7 Å². The van der Waals surface area contributed by atoms with Crippen LogP contribution >= 0.6 is 11.6 Å². The lowest BCUT2D eigenvalue weighted by molar-refractivity contribution is -0.139. The van der Waals surface area contributed by atoms with Gasteiger partial charge in [0, 0.05) is 18.1 Å². The van der Waals surface area contributed by atoms with Gasteiger partial charge in [-0.1, -0.05) is 18.5 Å². The highest BCUT2D eigenvalue weighted by Gasteiger charge is 2.38. The van der Waals surface area contributed by atoms with E-state index in [1.807, 2.05) is 0 Å². The first-order valence-electron chi connectivity index (χ1n) is 5.62. The van der Waals surface area contributed by atoms with Crippen LogP contribution in [0.3, 0.4) is 0 Å². The number of benzene rings is 1. The summed E-state index contributed by atoms with van der Waals surface area (Å²) in [6.07, 6.45) is -4.84. The van der Waals surface area contributed by atoms with Crippen molar-refractivity contribution in [1.82, 2.24) is 4.31 Å². The van der Waals surface area contributed by atoms with Crippen molar-refractivity contribution in [3.63, 3.8) is 0 Å². The third-order valence-electron chi connectivity index (χ3n) is 2.57. The minimum atomic E-state index is -4.84. The Bertz CT molecular complexity index is 575. The summed E-state index contributed by atoms with van der Waals surface area (Å²) in [6, 6.07) is 2.47. The van der Waals surface area contributed by atoms with Crippen molar-refractivity contribution in [2.24, 2.45) is 0 Å². The molecule has 4 nitrogen and oxygen atoms in total. The predicted octanol–water partition coefficient (Wildman–Crippen LogP) is 2.36. The summed E-state index contributed by atoms with van der Waals surface area (Å²) in [6.45, 7) is 0.653. The monoisotopic (exact) mass is 331 g/mol. The minimum Gasteiger partial charge on any atom is -0.395 e. The summed E-state index contributed by atoms with van der Waals surface area (Å²) in [7, 11) is -4.35. The Labute approximate surface area is 119 Å². The third-order valence-corrected chi connectivity index (χ3v) is 4.83. The summed E-state index contributed by atoms with van der Waals surface area (Å²) in [5, 5.41) is 8.59. The van der Waals surface area contributed by atoms with Gasteiger partial charge in [-0.05, 0) is 18.2 Å². The normalized spacial score (nSPS) is 12.9. The molecule has 0 atom stereocenters. The van der Waals surface area contributed by atoms with Gasteiger partial charge in [0.2, 0.25) is 10.0 Å². The Kier molecular flexibility index (Phi) is 5.42. The Balaban J connectivity index is 3.46. The smallest absolute Gasteiger partial charge is 0.395 e. The summed E-state index contributed by atoms with van der Waals surface area (Å²) in [5.74, 6) is 0. The Morgan fingerprint density at radius 3 is 2.40 bits per heavy atom. The zero-order valence-corrected chi connectivity index (χ0v) is 12.1. The fourth-order valence-electron chi connectivity index (χ4n) is 1.65. The number of hydrogen-bond acceptors (Lipinski definition) is 3. The number of sulfonamides is 1. The molecule has 0 saturated heterocycles. The number of hydrogen-bond donors (Lipinski definition) is 1. The van der Waals surface area contributed by atoms with E-state index < -0.39 is 33.3 Å². The first-order valence-corrected chi connectivity index (χ1v) is 7.44. The van der Waals surface area contributed by atoms with Gasteiger partial charge in [-0.25, -0.2) is 8.42 Å². The molecule has 114 valence electrons. The molecule has 0 bridgehead atoms. The predicted molar refractivity (Wildman–Crippen MR) is 68.0 cm³/mol. The first-order chi connectivity index (χ1) is 9.14. The van der Waals surface area contributed by atoms with Gasteiger partial charge in [0.1, 0.15) is 0 Å². The van der Waals surface area contributed by atoms with Crippen LogP contribution in [0, 0.1) is 0 Å². The Morgan fingerprint density at radius 1 is 1.35 bits per heavy atom. The number of alkyl halides is 3. The molecule has 0 fully saturated rings. The molecule has 0 aliphatic heterocycles. The van der Waals surface area contributed by atoms with Crippen LogP contribution in [0.15, 0.2) is 23.1 Å². The van der Waals surface area contributed by atoms with Crippen molar-refractivity contribution in [3.8, 4) is 0 Å². The van der Waals surface area contributed by atoms with Crippen LogP contribution in [-0.2, 0) is 16.2 Å². The van der Waals surface area contributed by atoms with Crippen LogP contribution in [0.4, 0.5) is 13.2 Å². The zero-order chi connectivity index (χ0) is 15.6. The highest BCUT2D eigenvalue weighted by molar-refractivity contribution is 7.89. The van der Waals surface area contributed by atoms with E-state index in [1.165, 1.54) is 6.92 Å². The molecule has 9 heteroatoms. The molecule has 0 unspecified atom stereocenters. The minimum absolute atomic E-state index is 0.0528. The van der Waals surface area contributed by atoms with Gasteiger partial charge in [-0.2, -0.15) is 17.5 Å². The fourth-order valence-corrected chi connectivity index (χ4v) is 3.45. The topological polar surface area (TPSA) is 57.6 Å².